The van der Waals surface area contributed by atoms with E-state index >= 15 is 0 Å². The first kappa shape index (κ1) is 12.7. The predicted molar refractivity (Wildman–Crippen MR) is 69.7 cm³/mol. The molecule has 96 valence electrons. The monoisotopic (exact) mass is 257 g/mol. The van der Waals surface area contributed by atoms with Crippen LogP contribution < -0.4 is 5.32 Å². The number of hydrogen-bond donors (Lipinski definition) is 1. The maximum atomic E-state index is 11.5. The molecule has 0 fully saturated rings. The number of amides is 1. The Morgan fingerprint density at radius 2 is 1.89 bits per heavy atom. The number of carbonyl (C=O) groups excluding carboxylic acids is 1. The van der Waals surface area contributed by atoms with Gasteiger partial charge in [0.05, 0.1) is 4.92 Å². The third-order valence-electron chi connectivity index (χ3n) is 2.63. The van der Waals surface area contributed by atoms with Gasteiger partial charge in [-0.05, 0) is 35.4 Å². The number of hydrogen-bond acceptors (Lipinski definition) is 4. The van der Waals surface area contributed by atoms with Crippen molar-refractivity contribution in [3.63, 3.8) is 0 Å². The Kier molecular flexibility index (Phi) is 3.51. The van der Waals surface area contributed by atoms with Crippen LogP contribution in [-0.2, 0) is 0 Å². The largest absolute Gasteiger partial charge is 0.354 e. The number of aromatic nitrogens is 1. The molecule has 2 rings (SSSR count). The summed E-state index contributed by atoms with van der Waals surface area (Å²) in [6.07, 6.45) is 1.53. The van der Waals surface area contributed by atoms with Crippen molar-refractivity contribution in [1.29, 1.82) is 0 Å². The molecule has 0 spiro atoms. The first-order valence-electron chi connectivity index (χ1n) is 5.55. The summed E-state index contributed by atoms with van der Waals surface area (Å²) in [6, 6.07) is 9.51. The van der Waals surface area contributed by atoms with E-state index < -0.39 is 4.92 Å². The molecule has 1 amide bonds. The van der Waals surface area contributed by atoms with E-state index in [9.17, 15) is 14.9 Å². The summed E-state index contributed by atoms with van der Waals surface area (Å²) in [7, 11) is 1.53. The summed E-state index contributed by atoms with van der Waals surface area (Å²) in [5, 5.41) is 13.1. The lowest BCUT2D eigenvalue weighted by Crippen LogP contribution is -2.19. The van der Waals surface area contributed by atoms with Crippen molar-refractivity contribution < 1.29 is 9.72 Å². The Balaban J connectivity index is 2.36. The first-order valence-corrected chi connectivity index (χ1v) is 5.55. The van der Waals surface area contributed by atoms with Gasteiger partial charge in [-0.1, -0.05) is 0 Å². The normalized spacial score (nSPS) is 9.95. The summed E-state index contributed by atoms with van der Waals surface area (Å²) in [5.74, 6) is -0.274. The Morgan fingerprint density at radius 1 is 1.21 bits per heavy atom. The van der Waals surface area contributed by atoms with E-state index in [0.717, 1.165) is 11.1 Å². The van der Waals surface area contributed by atoms with Gasteiger partial charge >= 0.3 is 0 Å². The number of non-ortho nitro benzene ring substituents is 1. The molecule has 0 radical (unpaired) electrons. The van der Waals surface area contributed by atoms with E-state index in [1.807, 2.05) is 0 Å². The molecule has 0 aliphatic rings. The standard InChI is InChI=1S/C13H11N3O3/c1-14-13(17)12-8-10(6-7-15-12)9-2-4-11(5-3-9)16(18)19/h2-8H,1H3,(H,14,17). The summed E-state index contributed by atoms with van der Waals surface area (Å²) in [5.41, 5.74) is 1.91. The molecule has 0 bridgehead atoms. The Hall–Kier alpha value is -2.76. The molecule has 2 aromatic rings. The zero-order chi connectivity index (χ0) is 13.8. The number of carbonyl (C=O) groups is 1. The van der Waals surface area contributed by atoms with Crippen LogP contribution in [0.3, 0.4) is 0 Å². The summed E-state index contributed by atoms with van der Waals surface area (Å²) < 4.78 is 0. The van der Waals surface area contributed by atoms with Gasteiger partial charge in [-0.25, -0.2) is 0 Å². The molecule has 0 aliphatic carbocycles. The number of nitro benzene ring substituents is 1. The molecule has 6 heteroatoms. The molecule has 1 aromatic carbocycles. The topological polar surface area (TPSA) is 85.1 Å². The second-order valence-electron chi connectivity index (χ2n) is 3.81. The summed E-state index contributed by atoms with van der Waals surface area (Å²) in [6.45, 7) is 0. The molecule has 0 saturated heterocycles. The fourth-order valence-corrected chi connectivity index (χ4v) is 1.64. The lowest BCUT2D eigenvalue weighted by molar-refractivity contribution is -0.384. The molecule has 1 aromatic heterocycles. The average Bonchev–Trinajstić information content (AvgIpc) is 2.46. The molecule has 1 heterocycles. The van der Waals surface area contributed by atoms with Gasteiger partial charge in [-0.3, -0.25) is 19.9 Å². The third kappa shape index (κ3) is 2.74. The highest BCUT2D eigenvalue weighted by atomic mass is 16.6. The predicted octanol–water partition coefficient (Wildman–Crippen LogP) is 2.02. The molecule has 6 nitrogen and oxygen atoms in total. The van der Waals surface area contributed by atoms with E-state index in [-0.39, 0.29) is 11.6 Å². The van der Waals surface area contributed by atoms with E-state index in [2.05, 4.69) is 10.3 Å². The minimum atomic E-state index is -0.452. The molecular formula is C13H11N3O3. The maximum absolute atomic E-state index is 11.5. The number of nitrogens with zero attached hydrogens (tertiary/aromatic N) is 2. The van der Waals surface area contributed by atoms with Crippen LogP contribution in [0.25, 0.3) is 11.1 Å². The smallest absolute Gasteiger partial charge is 0.269 e. The lowest BCUT2D eigenvalue weighted by Gasteiger charge is -2.03. The van der Waals surface area contributed by atoms with Crippen LogP contribution in [0.2, 0.25) is 0 Å². The number of nitrogens with one attached hydrogen (secondary N) is 1. The van der Waals surface area contributed by atoms with Crippen molar-refractivity contribution in [1.82, 2.24) is 10.3 Å². The molecule has 0 saturated carbocycles. The molecule has 0 atom stereocenters. The highest BCUT2D eigenvalue weighted by Gasteiger charge is 2.08. The molecule has 19 heavy (non-hydrogen) atoms. The van der Waals surface area contributed by atoms with Gasteiger partial charge in [0.25, 0.3) is 11.6 Å². The van der Waals surface area contributed by atoms with Crippen LogP contribution in [0, 0.1) is 10.1 Å². The quantitative estimate of drug-likeness (QED) is 0.673. The minimum absolute atomic E-state index is 0.0318. The van der Waals surface area contributed by atoms with Gasteiger partial charge in [0.1, 0.15) is 5.69 Å². The number of rotatable bonds is 3. The first-order chi connectivity index (χ1) is 9.11. The van der Waals surface area contributed by atoms with Crippen molar-refractivity contribution in [2.75, 3.05) is 7.05 Å². The van der Waals surface area contributed by atoms with E-state index in [1.165, 1.54) is 25.4 Å². The Labute approximate surface area is 109 Å². The van der Waals surface area contributed by atoms with Gasteiger partial charge < -0.3 is 5.32 Å². The zero-order valence-electron chi connectivity index (χ0n) is 10.2. The zero-order valence-corrected chi connectivity index (χ0v) is 10.2. The van der Waals surface area contributed by atoms with Crippen molar-refractivity contribution in [2.45, 2.75) is 0 Å². The van der Waals surface area contributed by atoms with Crippen LogP contribution >= 0.6 is 0 Å². The molecule has 0 unspecified atom stereocenters. The van der Waals surface area contributed by atoms with Gasteiger partial charge in [-0.2, -0.15) is 0 Å². The fourth-order valence-electron chi connectivity index (χ4n) is 1.64. The second kappa shape index (κ2) is 5.26. The van der Waals surface area contributed by atoms with Crippen molar-refractivity contribution in [3.8, 4) is 11.1 Å². The SMILES string of the molecule is CNC(=O)c1cc(-c2ccc([N+](=O)[O-])cc2)ccn1. The fraction of sp³-hybridized carbons (Fsp3) is 0.0769. The van der Waals surface area contributed by atoms with Gasteiger partial charge in [-0.15, -0.1) is 0 Å². The third-order valence-corrected chi connectivity index (χ3v) is 2.63. The van der Waals surface area contributed by atoms with Crippen molar-refractivity contribution in [3.05, 3.63) is 58.4 Å². The number of nitro groups is 1. The molecular weight excluding hydrogens is 246 g/mol. The number of pyridine rings is 1. The van der Waals surface area contributed by atoms with Gasteiger partial charge in [0.15, 0.2) is 0 Å². The van der Waals surface area contributed by atoms with Crippen LogP contribution in [-0.4, -0.2) is 22.9 Å². The summed E-state index contributed by atoms with van der Waals surface area (Å²) in [4.78, 5) is 25.6. The highest BCUT2D eigenvalue weighted by Crippen LogP contribution is 2.22. The van der Waals surface area contributed by atoms with Crippen molar-refractivity contribution >= 4 is 11.6 Å². The van der Waals surface area contributed by atoms with Crippen LogP contribution in [0.4, 0.5) is 5.69 Å². The van der Waals surface area contributed by atoms with Crippen molar-refractivity contribution in [2.24, 2.45) is 0 Å². The maximum Gasteiger partial charge on any atom is 0.269 e. The number of benzene rings is 1. The second-order valence-corrected chi connectivity index (χ2v) is 3.81. The van der Waals surface area contributed by atoms with E-state index in [4.69, 9.17) is 0 Å². The van der Waals surface area contributed by atoms with E-state index in [1.54, 1.807) is 24.3 Å². The minimum Gasteiger partial charge on any atom is -0.354 e. The summed E-state index contributed by atoms with van der Waals surface area (Å²) >= 11 is 0. The Morgan fingerprint density at radius 3 is 2.47 bits per heavy atom. The highest BCUT2D eigenvalue weighted by molar-refractivity contribution is 5.93. The molecule has 1 N–H and O–H groups in total. The van der Waals surface area contributed by atoms with Crippen LogP contribution in [0.15, 0.2) is 42.6 Å². The molecule has 0 aliphatic heterocycles. The Bertz CT molecular complexity index is 623. The lowest BCUT2D eigenvalue weighted by atomic mass is 10.1. The van der Waals surface area contributed by atoms with Gasteiger partial charge in [0.2, 0.25) is 0 Å². The van der Waals surface area contributed by atoms with Crippen LogP contribution in [0.5, 0.6) is 0 Å². The average molecular weight is 257 g/mol. The van der Waals surface area contributed by atoms with Crippen LogP contribution in [0.1, 0.15) is 10.5 Å². The van der Waals surface area contributed by atoms with E-state index in [0.29, 0.717) is 5.69 Å². The van der Waals surface area contributed by atoms with Gasteiger partial charge in [0, 0.05) is 25.4 Å².